The number of nitrogens with one attached hydrogen (secondary N) is 2. The van der Waals surface area contributed by atoms with Crippen LogP contribution in [0.3, 0.4) is 0 Å². The zero-order chi connectivity index (χ0) is 21.0. The molecule has 0 atom stereocenters. The second kappa shape index (κ2) is 9.11. The third-order valence-electron chi connectivity index (χ3n) is 6.01. The largest absolute Gasteiger partial charge is 0.378 e. The fourth-order valence-electron chi connectivity index (χ4n) is 4.20. The number of ether oxygens (including phenoxy) is 1. The Bertz CT molecular complexity index is 987. The third kappa shape index (κ3) is 4.60. The first kappa shape index (κ1) is 20.1. The van der Waals surface area contributed by atoms with Gasteiger partial charge in [-0.15, -0.1) is 11.3 Å². The maximum atomic E-state index is 12.7. The molecule has 0 saturated carbocycles. The molecule has 0 radical (unpaired) electrons. The van der Waals surface area contributed by atoms with Gasteiger partial charge in [-0.05, 0) is 48.6 Å². The number of hydrogen-bond donors (Lipinski definition) is 2. The molecule has 5 rings (SSSR count). The van der Waals surface area contributed by atoms with Crippen LogP contribution in [0.2, 0.25) is 0 Å². The van der Waals surface area contributed by atoms with Crippen molar-refractivity contribution in [2.75, 3.05) is 49.2 Å². The van der Waals surface area contributed by atoms with E-state index in [0.29, 0.717) is 5.56 Å². The van der Waals surface area contributed by atoms with Crippen molar-refractivity contribution in [1.29, 1.82) is 0 Å². The molecule has 1 aromatic carbocycles. The van der Waals surface area contributed by atoms with Gasteiger partial charge in [-0.1, -0.05) is 6.07 Å². The summed E-state index contributed by atoms with van der Waals surface area (Å²) in [5.41, 5.74) is 2.92. The number of carbonyl (C=O) groups is 1. The maximum Gasteiger partial charge on any atom is 0.251 e. The van der Waals surface area contributed by atoms with Gasteiger partial charge in [0, 0.05) is 49.5 Å². The van der Waals surface area contributed by atoms with E-state index in [4.69, 9.17) is 4.74 Å². The predicted octanol–water partition coefficient (Wildman–Crippen LogP) is 3.37. The maximum absolute atomic E-state index is 12.7. The summed E-state index contributed by atoms with van der Waals surface area (Å²) in [7, 11) is 0. The highest BCUT2D eigenvalue weighted by Gasteiger charge is 2.23. The fraction of sp³-hybridized carbons (Fsp3) is 0.391. The van der Waals surface area contributed by atoms with Crippen molar-refractivity contribution in [3.63, 3.8) is 0 Å². The van der Waals surface area contributed by atoms with E-state index in [1.54, 1.807) is 11.3 Å². The number of amides is 1. The minimum atomic E-state index is 0.00623. The van der Waals surface area contributed by atoms with Gasteiger partial charge in [-0.3, -0.25) is 9.89 Å². The molecule has 31 heavy (non-hydrogen) atoms. The van der Waals surface area contributed by atoms with Crippen LogP contribution in [-0.2, 0) is 4.74 Å². The van der Waals surface area contributed by atoms with Crippen LogP contribution in [-0.4, -0.2) is 61.5 Å². The number of rotatable bonds is 5. The van der Waals surface area contributed by atoms with E-state index in [2.05, 4.69) is 42.8 Å². The van der Waals surface area contributed by atoms with Gasteiger partial charge in [0.1, 0.15) is 0 Å². The van der Waals surface area contributed by atoms with Gasteiger partial charge in [0.05, 0.1) is 23.8 Å². The van der Waals surface area contributed by atoms with Crippen LogP contribution in [0.1, 0.15) is 23.2 Å². The summed E-state index contributed by atoms with van der Waals surface area (Å²) in [5, 5.41) is 12.9. The normalized spacial score (nSPS) is 17.7. The van der Waals surface area contributed by atoms with E-state index in [1.807, 2.05) is 30.3 Å². The third-order valence-corrected chi connectivity index (χ3v) is 6.91. The molecular formula is C23H27N5O2S. The van der Waals surface area contributed by atoms with Gasteiger partial charge >= 0.3 is 0 Å². The molecule has 4 heterocycles. The summed E-state index contributed by atoms with van der Waals surface area (Å²) < 4.78 is 5.41. The van der Waals surface area contributed by atoms with Crippen molar-refractivity contribution in [2.24, 2.45) is 0 Å². The molecule has 1 amide bonds. The number of benzene rings is 1. The van der Waals surface area contributed by atoms with Crippen molar-refractivity contribution < 1.29 is 9.53 Å². The number of nitrogens with zero attached hydrogens (tertiary/aromatic N) is 3. The fourth-order valence-corrected chi connectivity index (χ4v) is 4.89. The number of aromatic nitrogens is 2. The Kier molecular flexibility index (Phi) is 5.90. The molecular weight excluding hydrogens is 410 g/mol. The quantitative estimate of drug-likeness (QED) is 0.640. The lowest BCUT2D eigenvalue weighted by Crippen LogP contribution is -2.44. The molecule has 2 saturated heterocycles. The Balaban J connectivity index is 1.13. The highest BCUT2D eigenvalue weighted by Crippen LogP contribution is 2.27. The molecule has 162 valence electrons. The minimum Gasteiger partial charge on any atom is -0.378 e. The second-order valence-corrected chi connectivity index (χ2v) is 8.95. The number of piperidine rings is 1. The van der Waals surface area contributed by atoms with E-state index in [-0.39, 0.29) is 11.9 Å². The smallest absolute Gasteiger partial charge is 0.251 e. The molecule has 0 unspecified atom stereocenters. The van der Waals surface area contributed by atoms with Crippen LogP contribution < -0.4 is 15.1 Å². The SMILES string of the molecule is O=C(NC1CCN(c2cc(-c3cccs3)[nH]n2)CC1)c1ccc(N2CCOCC2)cc1. The first-order valence-electron chi connectivity index (χ1n) is 10.8. The summed E-state index contributed by atoms with van der Waals surface area (Å²) >= 11 is 1.70. The number of morpholine rings is 1. The highest BCUT2D eigenvalue weighted by molar-refractivity contribution is 7.13. The molecule has 0 aliphatic carbocycles. The standard InChI is InChI=1S/C23H27N5O2S/c29-23(17-3-5-19(6-4-17)27-11-13-30-14-12-27)24-18-7-9-28(10-8-18)22-16-20(25-26-22)21-2-1-15-31-21/h1-6,15-16,18H,7-14H2,(H,24,29)(H,25,26). The Morgan fingerprint density at radius 3 is 2.55 bits per heavy atom. The lowest BCUT2D eigenvalue weighted by Gasteiger charge is -2.32. The first-order chi connectivity index (χ1) is 15.3. The highest BCUT2D eigenvalue weighted by atomic mass is 32.1. The first-order valence-corrected chi connectivity index (χ1v) is 11.7. The van der Waals surface area contributed by atoms with Crippen molar-refractivity contribution >= 4 is 28.7 Å². The van der Waals surface area contributed by atoms with Gasteiger partial charge < -0.3 is 19.9 Å². The Hall–Kier alpha value is -2.84. The van der Waals surface area contributed by atoms with E-state index >= 15 is 0 Å². The molecule has 3 aromatic rings. The number of anilines is 2. The number of carbonyl (C=O) groups excluding carboxylic acids is 1. The van der Waals surface area contributed by atoms with Gasteiger partial charge in [-0.2, -0.15) is 5.10 Å². The topological polar surface area (TPSA) is 73.5 Å². The monoisotopic (exact) mass is 437 g/mol. The molecule has 8 heteroatoms. The van der Waals surface area contributed by atoms with E-state index in [1.165, 1.54) is 4.88 Å². The summed E-state index contributed by atoms with van der Waals surface area (Å²) in [5.74, 6) is 0.985. The number of H-pyrrole nitrogens is 1. The van der Waals surface area contributed by atoms with Crippen molar-refractivity contribution in [2.45, 2.75) is 18.9 Å². The van der Waals surface area contributed by atoms with Gasteiger partial charge in [0.2, 0.25) is 0 Å². The number of aromatic amines is 1. The van der Waals surface area contributed by atoms with Crippen LogP contribution in [0, 0.1) is 0 Å². The van der Waals surface area contributed by atoms with Gasteiger partial charge in [0.25, 0.3) is 5.91 Å². The molecule has 2 aromatic heterocycles. The Labute approximate surface area is 186 Å². The van der Waals surface area contributed by atoms with Gasteiger partial charge in [0.15, 0.2) is 5.82 Å². The average Bonchev–Trinajstić information content (AvgIpc) is 3.53. The van der Waals surface area contributed by atoms with E-state index < -0.39 is 0 Å². The molecule has 2 fully saturated rings. The van der Waals surface area contributed by atoms with Crippen LogP contribution in [0.15, 0.2) is 47.8 Å². The van der Waals surface area contributed by atoms with Crippen LogP contribution >= 0.6 is 11.3 Å². The molecule has 2 aliphatic heterocycles. The van der Waals surface area contributed by atoms with E-state index in [0.717, 1.165) is 69.4 Å². The average molecular weight is 438 g/mol. The lowest BCUT2D eigenvalue weighted by atomic mass is 10.0. The van der Waals surface area contributed by atoms with Crippen molar-refractivity contribution in [3.8, 4) is 10.6 Å². The zero-order valence-corrected chi connectivity index (χ0v) is 18.2. The number of thiophene rings is 1. The zero-order valence-electron chi connectivity index (χ0n) is 17.4. The summed E-state index contributed by atoms with van der Waals surface area (Å²) in [6.07, 6.45) is 1.83. The molecule has 7 nitrogen and oxygen atoms in total. The predicted molar refractivity (Wildman–Crippen MR) is 124 cm³/mol. The van der Waals surface area contributed by atoms with Gasteiger partial charge in [-0.25, -0.2) is 0 Å². The number of hydrogen-bond acceptors (Lipinski definition) is 6. The molecule has 0 bridgehead atoms. The van der Waals surface area contributed by atoms with Crippen molar-refractivity contribution in [3.05, 3.63) is 53.4 Å². The second-order valence-electron chi connectivity index (χ2n) is 8.00. The molecule has 2 N–H and O–H groups in total. The lowest BCUT2D eigenvalue weighted by molar-refractivity contribution is 0.0931. The van der Waals surface area contributed by atoms with Crippen LogP contribution in [0.4, 0.5) is 11.5 Å². The summed E-state index contributed by atoms with van der Waals surface area (Å²) in [4.78, 5) is 18.5. The van der Waals surface area contributed by atoms with Crippen LogP contribution in [0.5, 0.6) is 0 Å². The Morgan fingerprint density at radius 1 is 1.06 bits per heavy atom. The van der Waals surface area contributed by atoms with E-state index in [9.17, 15) is 4.79 Å². The molecule has 2 aliphatic rings. The Morgan fingerprint density at radius 2 is 1.84 bits per heavy atom. The summed E-state index contributed by atoms with van der Waals surface area (Å²) in [6.45, 7) is 5.08. The summed E-state index contributed by atoms with van der Waals surface area (Å²) in [6, 6.07) is 14.4. The van der Waals surface area contributed by atoms with Crippen molar-refractivity contribution in [1.82, 2.24) is 15.5 Å². The molecule has 0 spiro atoms. The minimum absolute atomic E-state index is 0.00623. The van der Waals surface area contributed by atoms with Crippen LogP contribution in [0.25, 0.3) is 10.6 Å².